The van der Waals surface area contributed by atoms with Gasteiger partial charge in [-0.25, -0.2) is 8.42 Å². The largest absolute Gasteiger partial charge is 0.325 e. The lowest BCUT2D eigenvalue weighted by Crippen LogP contribution is -2.22. The molecule has 0 unspecified atom stereocenters. The standard InChI is InChI=1S/C14H17BrClNO3S/c15-12-9-11(21(16,19)20)7-8-13(12)17-14(18)10-5-3-1-2-4-6-10/h7-10H,1-6H2,(H,17,18). The van der Waals surface area contributed by atoms with Gasteiger partial charge in [0.15, 0.2) is 0 Å². The fraction of sp³-hybridized carbons (Fsp3) is 0.500. The van der Waals surface area contributed by atoms with Crippen LogP contribution in [0.4, 0.5) is 5.69 Å². The Morgan fingerprint density at radius 3 is 2.33 bits per heavy atom. The van der Waals surface area contributed by atoms with Gasteiger partial charge in [-0.3, -0.25) is 4.79 Å². The average Bonchev–Trinajstić information content (AvgIpc) is 2.68. The fourth-order valence-electron chi connectivity index (χ4n) is 2.53. The summed E-state index contributed by atoms with van der Waals surface area (Å²) in [6.45, 7) is 0. The molecule has 0 aromatic heterocycles. The maximum Gasteiger partial charge on any atom is 0.261 e. The van der Waals surface area contributed by atoms with Crippen molar-refractivity contribution in [3.05, 3.63) is 22.7 Å². The highest BCUT2D eigenvalue weighted by molar-refractivity contribution is 9.10. The van der Waals surface area contributed by atoms with Crippen LogP contribution in [-0.2, 0) is 13.8 Å². The van der Waals surface area contributed by atoms with E-state index in [1.165, 1.54) is 25.0 Å². The summed E-state index contributed by atoms with van der Waals surface area (Å²) in [6.07, 6.45) is 6.38. The maximum atomic E-state index is 12.3. The van der Waals surface area contributed by atoms with Crippen LogP contribution in [0.2, 0.25) is 0 Å². The van der Waals surface area contributed by atoms with E-state index in [1.54, 1.807) is 6.07 Å². The minimum atomic E-state index is -3.77. The Balaban J connectivity index is 2.10. The molecule has 2 rings (SSSR count). The van der Waals surface area contributed by atoms with Gasteiger partial charge in [0.05, 0.1) is 10.6 Å². The van der Waals surface area contributed by atoms with Crippen molar-refractivity contribution in [2.45, 2.75) is 43.4 Å². The van der Waals surface area contributed by atoms with Crippen molar-refractivity contribution in [2.24, 2.45) is 5.92 Å². The number of rotatable bonds is 3. The Bertz CT molecular complexity index is 625. The number of anilines is 1. The number of hydrogen-bond acceptors (Lipinski definition) is 3. The normalized spacial score (nSPS) is 17.2. The topological polar surface area (TPSA) is 63.2 Å². The monoisotopic (exact) mass is 393 g/mol. The molecule has 21 heavy (non-hydrogen) atoms. The lowest BCUT2D eigenvalue weighted by atomic mass is 9.99. The summed E-state index contributed by atoms with van der Waals surface area (Å²) in [6, 6.07) is 4.33. The molecule has 1 aromatic rings. The van der Waals surface area contributed by atoms with E-state index in [2.05, 4.69) is 21.2 Å². The van der Waals surface area contributed by atoms with Gasteiger partial charge in [-0.2, -0.15) is 0 Å². The highest BCUT2D eigenvalue weighted by atomic mass is 79.9. The van der Waals surface area contributed by atoms with Gasteiger partial charge in [0.1, 0.15) is 0 Å². The Kier molecular flexibility index (Phi) is 5.68. The minimum Gasteiger partial charge on any atom is -0.325 e. The van der Waals surface area contributed by atoms with Crippen molar-refractivity contribution in [1.29, 1.82) is 0 Å². The van der Waals surface area contributed by atoms with Crippen LogP contribution in [0.3, 0.4) is 0 Å². The zero-order valence-corrected chi connectivity index (χ0v) is 14.6. The van der Waals surface area contributed by atoms with Crippen LogP contribution in [-0.4, -0.2) is 14.3 Å². The zero-order valence-electron chi connectivity index (χ0n) is 11.4. The number of carbonyl (C=O) groups is 1. The molecule has 0 atom stereocenters. The second kappa shape index (κ2) is 7.11. The van der Waals surface area contributed by atoms with E-state index in [1.807, 2.05) is 0 Å². The molecule has 0 bridgehead atoms. The Hall–Kier alpha value is -0.590. The van der Waals surface area contributed by atoms with Crippen molar-refractivity contribution in [3.63, 3.8) is 0 Å². The molecule has 1 saturated carbocycles. The molecular formula is C14H17BrClNO3S. The predicted molar refractivity (Wildman–Crippen MR) is 87.0 cm³/mol. The van der Waals surface area contributed by atoms with Gasteiger partial charge in [0, 0.05) is 21.1 Å². The maximum absolute atomic E-state index is 12.3. The molecule has 1 amide bonds. The van der Waals surface area contributed by atoms with Crippen LogP contribution in [0, 0.1) is 5.92 Å². The second-order valence-corrected chi connectivity index (χ2v) is 8.68. The number of hydrogen-bond donors (Lipinski definition) is 1. The molecule has 1 aliphatic carbocycles. The number of halogens is 2. The summed E-state index contributed by atoms with van der Waals surface area (Å²) in [5.41, 5.74) is 0.563. The van der Waals surface area contributed by atoms with E-state index < -0.39 is 9.05 Å². The molecule has 0 spiro atoms. The van der Waals surface area contributed by atoms with Crippen molar-refractivity contribution in [3.8, 4) is 0 Å². The fourth-order valence-corrected chi connectivity index (χ4v) is 3.93. The smallest absolute Gasteiger partial charge is 0.261 e. The van der Waals surface area contributed by atoms with Crippen LogP contribution in [0.1, 0.15) is 38.5 Å². The van der Waals surface area contributed by atoms with E-state index in [4.69, 9.17) is 10.7 Å². The summed E-state index contributed by atoms with van der Waals surface area (Å²) in [5, 5.41) is 2.86. The van der Waals surface area contributed by atoms with Crippen molar-refractivity contribution in [2.75, 3.05) is 5.32 Å². The molecule has 4 nitrogen and oxygen atoms in total. The van der Waals surface area contributed by atoms with Gasteiger partial charge < -0.3 is 5.32 Å². The molecular weight excluding hydrogens is 378 g/mol. The van der Waals surface area contributed by atoms with E-state index in [0.29, 0.717) is 10.2 Å². The third-order valence-electron chi connectivity index (χ3n) is 3.71. The first kappa shape index (κ1) is 16.8. The first-order valence-corrected chi connectivity index (χ1v) is 10.0. The molecule has 1 aromatic carbocycles. The van der Waals surface area contributed by atoms with E-state index >= 15 is 0 Å². The highest BCUT2D eigenvalue weighted by Gasteiger charge is 2.21. The SMILES string of the molecule is O=C(Nc1ccc(S(=O)(=O)Cl)cc1Br)C1CCCCCC1. The molecule has 1 fully saturated rings. The highest BCUT2D eigenvalue weighted by Crippen LogP contribution is 2.29. The summed E-state index contributed by atoms with van der Waals surface area (Å²) >= 11 is 3.27. The Labute approximate surface area is 137 Å². The molecule has 116 valence electrons. The second-order valence-electron chi connectivity index (χ2n) is 5.26. The number of amides is 1. The van der Waals surface area contributed by atoms with Gasteiger partial charge in [-0.15, -0.1) is 0 Å². The molecule has 0 heterocycles. The van der Waals surface area contributed by atoms with E-state index in [-0.39, 0.29) is 16.7 Å². The number of benzene rings is 1. The average molecular weight is 395 g/mol. The Morgan fingerprint density at radius 1 is 1.19 bits per heavy atom. The van der Waals surface area contributed by atoms with Gasteiger partial charge in [0.25, 0.3) is 9.05 Å². The Morgan fingerprint density at radius 2 is 1.81 bits per heavy atom. The molecule has 7 heteroatoms. The van der Waals surface area contributed by atoms with Gasteiger partial charge in [0.2, 0.25) is 5.91 Å². The van der Waals surface area contributed by atoms with E-state index in [9.17, 15) is 13.2 Å². The predicted octanol–water partition coefficient (Wildman–Crippen LogP) is 4.29. The van der Waals surface area contributed by atoms with Crippen molar-refractivity contribution >= 4 is 47.3 Å². The third kappa shape index (κ3) is 4.69. The van der Waals surface area contributed by atoms with Gasteiger partial charge >= 0.3 is 0 Å². The summed E-state index contributed by atoms with van der Waals surface area (Å²) in [7, 11) is 1.53. The van der Waals surface area contributed by atoms with Gasteiger partial charge in [-0.05, 0) is 47.0 Å². The summed E-state index contributed by atoms with van der Waals surface area (Å²) < 4.78 is 23.0. The van der Waals surface area contributed by atoms with Crippen molar-refractivity contribution < 1.29 is 13.2 Å². The first-order chi connectivity index (χ1) is 9.88. The van der Waals surface area contributed by atoms with Crippen LogP contribution >= 0.6 is 26.6 Å². The summed E-state index contributed by atoms with van der Waals surface area (Å²) in [5.74, 6) is 0.0370. The molecule has 0 aliphatic heterocycles. The van der Waals surface area contributed by atoms with Crippen LogP contribution < -0.4 is 5.32 Å². The van der Waals surface area contributed by atoms with Crippen LogP contribution in [0.25, 0.3) is 0 Å². The van der Waals surface area contributed by atoms with Crippen molar-refractivity contribution in [1.82, 2.24) is 0 Å². The van der Waals surface area contributed by atoms with E-state index in [0.717, 1.165) is 25.7 Å². The molecule has 0 radical (unpaired) electrons. The quantitative estimate of drug-likeness (QED) is 0.614. The van der Waals surface area contributed by atoms with Crippen LogP contribution in [0.5, 0.6) is 0 Å². The lowest BCUT2D eigenvalue weighted by Gasteiger charge is -2.15. The summed E-state index contributed by atoms with van der Waals surface area (Å²) in [4.78, 5) is 12.3. The van der Waals surface area contributed by atoms with Crippen LogP contribution in [0.15, 0.2) is 27.6 Å². The van der Waals surface area contributed by atoms with Gasteiger partial charge in [-0.1, -0.05) is 25.7 Å². The zero-order chi connectivity index (χ0) is 15.5. The lowest BCUT2D eigenvalue weighted by molar-refractivity contribution is -0.120. The number of carbonyl (C=O) groups excluding carboxylic acids is 1. The molecule has 1 N–H and O–H groups in total. The molecule has 1 aliphatic rings. The number of nitrogens with one attached hydrogen (secondary N) is 1. The third-order valence-corrected chi connectivity index (χ3v) is 5.71. The first-order valence-electron chi connectivity index (χ1n) is 6.93. The molecule has 0 saturated heterocycles. The minimum absolute atomic E-state index is 0.000851.